The Labute approximate surface area is 82.4 Å². The summed E-state index contributed by atoms with van der Waals surface area (Å²) in [6.07, 6.45) is 6.66. The summed E-state index contributed by atoms with van der Waals surface area (Å²) in [6.45, 7) is 0. The molecule has 1 aliphatic rings. The number of thioether (sulfide) groups is 1. The van der Waals surface area contributed by atoms with E-state index in [-0.39, 0.29) is 0 Å². The van der Waals surface area contributed by atoms with Gasteiger partial charge in [-0.25, -0.2) is 4.98 Å². The molecule has 0 amide bonds. The minimum absolute atomic E-state index is 0.577. The Morgan fingerprint density at radius 2 is 2.31 bits per heavy atom. The molecule has 1 heterocycles. The fraction of sp³-hybridized carbons (Fsp3) is 0.500. The van der Waals surface area contributed by atoms with Gasteiger partial charge in [0, 0.05) is 11.8 Å². The van der Waals surface area contributed by atoms with Gasteiger partial charge in [-0.3, -0.25) is 0 Å². The molecule has 1 fully saturated rings. The fourth-order valence-electron chi connectivity index (χ4n) is 1.69. The molecule has 2 rings (SSSR count). The smallest absolute Gasteiger partial charge is 0.102 e. The first-order valence-corrected chi connectivity index (χ1v) is 5.70. The van der Waals surface area contributed by atoms with Crippen molar-refractivity contribution in [1.82, 2.24) is 4.98 Å². The fourth-order valence-corrected chi connectivity index (χ4v) is 2.33. The standard InChI is InChI=1S/C10H13NOS/c1-13-9-8(4-2-7-11-9)10(12)5-3-6-10/h2,4,7,12H,3,5-6H2,1H3. The molecule has 0 saturated heterocycles. The molecule has 0 atom stereocenters. The van der Waals surface area contributed by atoms with Crippen molar-refractivity contribution in [3.63, 3.8) is 0 Å². The van der Waals surface area contributed by atoms with Crippen LogP contribution in [-0.4, -0.2) is 16.3 Å². The first-order valence-electron chi connectivity index (χ1n) is 4.48. The second-order valence-corrected chi connectivity index (χ2v) is 4.24. The minimum atomic E-state index is -0.577. The van der Waals surface area contributed by atoms with Crippen LogP contribution in [0.3, 0.4) is 0 Å². The number of pyridine rings is 1. The number of aliphatic hydroxyl groups is 1. The van der Waals surface area contributed by atoms with Crippen LogP contribution >= 0.6 is 11.8 Å². The highest BCUT2D eigenvalue weighted by molar-refractivity contribution is 7.98. The van der Waals surface area contributed by atoms with Crippen molar-refractivity contribution < 1.29 is 5.11 Å². The minimum Gasteiger partial charge on any atom is -0.385 e. The second kappa shape index (κ2) is 3.31. The second-order valence-electron chi connectivity index (χ2n) is 3.45. The van der Waals surface area contributed by atoms with Crippen LogP contribution in [0.5, 0.6) is 0 Å². The maximum atomic E-state index is 10.1. The molecule has 0 radical (unpaired) electrons. The molecule has 1 aliphatic carbocycles. The van der Waals surface area contributed by atoms with Crippen LogP contribution in [0.1, 0.15) is 24.8 Å². The van der Waals surface area contributed by atoms with Gasteiger partial charge in [-0.2, -0.15) is 0 Å². The van der Waals surface area contributed by atoms with Crippen LogP contribution in [0.15, 0.2) is 23.4 Å². The molecule has 0 aromatic carbocycles. The third-order valence-electron chi connectivity index (χ3n) is 2.65. The Bertz CT molecular complexity index is 310. The van der Waals surface area contributed by atoms with Crippen molar-refractivity contribution in [3.05, 3.63) is 23.9 Å². The predicted octanol–water partition coefficient (Wildman–Crippen LogP) is 2.17. The SMILES string of the molecule is CSc1ncccc1C1(O)CCC1. The Morgan fingerprint density at radius 1 is 1.54 bits per heavy atom. The number of hydrogen-bond acceptors (Lipinski definition) is 3. The van der Waals surface area contributed by atoms with E-state index in [9.17, 15) is 5.11 Å². The van der Waals surface area contributed by atoms with Crippen molar-refractivity contribution in [2.75, 3.05) is 6.26 Å². The van der Waals surface area contributed by atoms with E-state index in [1.165, 1.54) is 0 Å². The molecule has 0 aliphatic heterocycles. The molecule has 13 heavy (non-hydrogen) atoms. The third-order valence-corrected chi connectivity index (χ3v) is 3.36. The lowest BCUT2D eigenvalue weighted by atomic mass is 9.76. The van der Waals surface area contributed by atoms with Crippen molar-refractivity contribution in [3.8, 4) is 0 Å². The van der Waals surface area contributed by atoms with E-state index in [0.717, 1.165) is 29.9 Å². The number of nitrogens with zero attached hydrogens (tertiary/aromatic N) is 1. The summed E-state index contributed by atoms with van der Waals surface area (Å²) < 4.78 is 0. The van der Waals surface area contributed by atoms with E-state index in [1.54, 1.807) is 18.0 Å². The largest absolute Gasteiger partial charge is 0.385 e. The van der Waals surface area contributed by atoms with Crippen LogP contribution in [0.2, 0.25) is 0 Å². The maximum Gasteiger partial charge on any atom is 0.102 e. The van der Waals surface area contributed by atoms with E-state index in [1.807, 2.05) is 18.4 Å². The van der Waals surface area contributed by atoms with Gasteiger partial charge in [-0.1, -0.05) is 6.07 Å². The molecule has 0 bridgehead atoms. The lowest BCUT2D eigenvalue weighted by Crippen LogP contribution is -2.34. The van der Waals surface area contributed by atoms with Gasteiger partial charge in [0.2, 0.25) is 0 Å². The summed E-state index contributed by atoms with van der Waals surface area (Å²) in [5.41, 5.74) is 0.431. The average molecular weight is 195 g/mol. The predicted molar refractivity (Wildman–Crippen MR) is 53.8 cm³/mol. The summed E-state index contributed by atoms with van der Waals surface area (Å²) in [6, 6.07) is 3.88. The van der Waals surface area contributed by atoms with Gasteiger partial charge < -0.3 is 5.11 Å². The summed E-state index contributed by atoms with van der Waals surface area (Å²) in [5.74, 6) is 0. The van der Waals surface area contributed by atoms with Crippen LogP contribution in [0.25, 0.3) is 0 Å². The number of aromatic nitrogens is 1. The van der Waals surface area contributed by atoms with Gasteiger partial charge in [0.1, 0.15) is 5.03 Å². The highest BCUT2D eigenvalue weighted by Gasteiger charge is 2.38. The van der Waals surface area contributed by atoms with Crippen LogP contribution in [0.4, 0.5) is 0 Å². The molecule has 1 aromatic heterocycles. The van der Waals surface area contributed by atoms with Gasteiger partial charge in [0.05, 0.1) is 5.60 Å². The topological polar surface area (TPSA) is 33.1 Å². The molecule has 1 N–H and O–H groups in total. The summed E-state index contributed by atoms with van der Waals surface area (Å²) >= 11 is 1.60. The molecular weight excluding hydrogens is 182 g/mol. The zero-order chi connectivity index (χ0) is 9.31. The first-order chi connectivity index (χ1) is 6.26. The third kappa shape index (κ3) is 1.46. The van der Waals surface area contributed by atoms with E-state index in [4.69, 9.17) is 0 Å². The molecule has 2 nitrogen and oxygen atoms in total. The van der Waals surface area contributed by atoms with Crippen LogP contribution in [-0.2, 0) is 5.60 Å². The molecule has 1 saturated carbocycles. The molecule has 0 spiro atoms. The van der Waals surface area contributed by atoms with Gasteiger partial charge in [-0.05, 0) is 31.6 Å². The first kappa shape index (κ1) is 9.03. The van der Waals surface area contributed by atoms with Crippen molar-refractivity contribution in [1.29, 1.82) is 0 Å². The zero-order valence-corrected chi connectivity index (χ0v) is 8.47. The quantitative estimate of drug-likeness (QED) is 0.734. The van der Waals surface area contributed by atoms with Crippen LogP contribution in [0, 0.1) is 0 Å². The van der Waals surface area contributed by atoms with Gasteiger partial charge in [-0.15, -0.1) is 11.8 Å². The van der Waals surface area contributed by atoms with Crippen molar-refractivity contribution >= 4 is 11.8 Å². The van der Waals surface area contributed by atoms with Gasteiger partial charge in [0.15, 0.2) is 0 Å². The number of rotatable bonds is 2. The molecule has 1 aromatic rings. The molecule has 0 unspecified atom stereocenters. The molecule has 3 heteroatoms. The molecule has 70 valence electrons. The van der Waals surface area contributed by atoms with Crippen molar-refractivity contribution in [2.24, 2.45) is 0 Å². The average Bonchev–Trinajstić information content (AvgIpc) is 2.14. The monoisotopic (exact) mass is 195 g/mol. The van der Waals surface area contributed by atoms with E-state index >= 15 is 0 Å². The lowest BCUT2D eigenvalue weighted by molar-refractivity contribution is -0.0416. The van der Waals surface area contributed by atoms with E-state index in [0.29, 0.717) is 0 Å². The highest BCUT2D eigenvalue weighted by Crippen LogP contribution is 2.43. The Balaban J connectivity index is 2.38. The Morgan fingerprint density at radius 3 is 2.85 bits per heavy atom. The Kier molecular flexibility index (Phi) is 2.30. The van der Waals surface area contributed by atoms with Gasteiger partial charge in [0.25, 0.3) is 0 Å². The number of hydrogen-bond donors (Lipinski definition) is 1. The zero-order valence-electron chi connectivity index (χ0n) is 7.66. The normalized spacial score (nSPS) is 19.5. The summed E-state index contributed by atoms with van der Waals surface area (Å²) in [5, 5.41) is 11.1. The summed E-state index contributed by atoms with van der Waals surface area (Å²) in [4.78, 5) is 4.25. The lowest BCUT2D eigenvalue weighted by Gasteiger charge is -2.37. The summed E-state index contributed by atoms with van der Waals surface area (Å²) in [7, 11) is 0. The van der Waals surface area contributed by atoms with Crippen molar-refractivity contribution in [2.45, 2.75) is 29.9 Å². The highest BCUT2D eigenvalue weighted by atomic mass is 32.2. The van der Waals surface area contributed by atoms with E-state index in [2.05, 4.69) is 4.98 Å². The van der Waals surface area contributed by atoms with Crippen LogP contribution < -0.4 is 0 Å². The molecular formula is C10H13NOS. The van der Waals surface area contributed by atoms with Gasteiger partial charge >= 0.3 is 0 Å². The van der Waals surface area contributed by atoms with E-state index < -0.39 is 5.60 Å². The Hall–Kier alpha value is -0.540. The maximum absolute atomic E-state index is 10.1.